The summed E-state index contributed by atoms with van der Waals surface area (Å²) in [5.74, 6) is 2.51. The first-order valence-electron chi connectivity index (χ1n) is 7.56. The zero-order chi connectivity index (χ0) is 14.7. The molecule has 110 valence electrons. The van der Waals surface area contributed by atoms with Crippen LogP contribution in [0.3, 0.4) is 0 Å². The lowest BCUT2D eigenvalue weighted by molar-refractivity contribution is 0.681. The van der Waals surface area contributed by atoms with Crippen molar-refractivity contribution >= 4 is 28.4 Å². The van der Waals surface area contributed by atoms with Gasteiger partial charge >= 0.3 is 0 Å². The highest BCUT2D eigenvalue weighted by Crippen LogP contribution is 2.36. The molecular formula is C17H20IN3. The van der Waals surface area contributed by atoms with Crippen molar-refractivity contribution in [1.82, 2.24) is 9.97 Å². The van der Waals surface area contributed by atoms with E-state index in [2.05, 4.69) is 57.2 Å². The Bertz CT molecular complexity index is 607. The fourth-order valence-corrected chi connectivity index (χ4v) is 3.96. The quantitative estimate of drug-likeness (QED) is 0.784. The molecule has 21 heavy (non-hydrogen) atoms. The monoisotopic (exact) mass is 393 g/mol. The lowest BCUT2D eigenvalue weighted by Gasteiger charge is -2.15. The molecule has 0 bridgehead atoms. The van der Waals surface area contributed by atoms with Gasteiger partial charge in [0.25, 0.3) is 0 Å². The molecule has 1 saturated carbocycles. The molecule has 0 aliphatic heterocycles. The molecular weight excluding hydrogens is 373 g/mol. The van der Waals surface area contributed by atoms with Gasteiger partial charge in [0.15, 0.2) is 0 Å². The summed E-state index contributed by atoms with van der Waals surface area (Å²) in [6, 6.07) is 10.4. The number of hydrogen-bond acceptors (Lipinski definition) is 3. The largest absolute Gasteiger partial charge is 0.372 e. The second-order valence-corrected chi connectivity index (χ2v) is 6.66. The van der Waals surface area contributed by atoms with Crippen LogP contribution in [0.4, 0.5) is 5.82 Å². The first kappa shape index (κ1) is 14.8. The Balaban J connectivity index is 1.95. The van der Waals surface area contributed by atoms with Gasteiger partial charge in [0.05, 0.1) is 9.26 Å². The van der Waals surface area contributed by atoms with Crippen LogP contribution in [0.1, 0.15) is 48.7 Å². The molecule has 0 spiro atoms. The van der Waals surface area contributed by atoms with Crippen molar-refractivity contribution in [3.05, 3.63) is 51.0 Å². The minimum Gasteiger partial charge on any atom is -0.372 e. The van der Waals surface area contributed by atoms with Crippen LogP contribution >= 0.6 is 22.6 Å². The summed E-state index contributed by atoms with van der Waals surface area (Å²) in [7, 11) is 1.94. The topological polar surface area (TPSA) is 37.8 Å². The Labute approximate surface area is 139 Å². The zero-order valence-corrected chi connectivity index (χ0v) is 14.4. The third kappa shape index (κ3) is 3.36. The number of nitrogens with one attached hydrogen (secondary N) is 1. The highest BCUT2D eigenvalue weighted by atomic mass is 127. The number of hydrogen-bond donors (Lipinski definition) is 1. The van der Waals surface area contributed by atoms with E-state index < -0.39 is 0 Å². The summed E-state index contributed by atoms with van der Waals surface area (Å²) >= 11 is 2.39. The van der Waals surface area contributed by atoms with Gasteiger partial charge < -0.3 is 5.32 Å². The van der Waals surface area contributed by atoms with Crippen molar-refractivity contribution in [2.45, 2.75) is 38.0 Å². The SMILES string of the molecule is CNc1nc(Cc2ccccc2)nc(C2CCCC2)c1I. The average molecular weight is 393 g/mol. The minimum absolute atomic E-state index is 0.613. The maximum absolute atomic E-state index is 4.90. The van der Waals surface area contributed by atoms with Gasteiger partial charge in [-0.25, -0.2) is 9.97 Å². The summed E-state index contributed by atoms with van der Waals surface area (Å²) in [5.41, 5.74) is 2.51. The van der Waals surface area contributed by atoms with Gasteiger partial charge in [-0.15, -0.1) is 0 Å². The van der Waals surface area contributed by atoms with Crippen molar-refractivity contribution < 1.29 is 0 Å². The fraction of sp³-hybridized carbons (Fsp3) is 0.412. The third-order valence-corrected chi connectivity index (χ3v) is 5.17. The number of halogens is 1. The normalized spacial score (nSPS) is 15.3. The first-order valence-corrected chi connectivity index (χ1v) is 8.64. The van der Waals surface area contributed by atoms with Crippen molar-refractivity contribution in [2.75, 3.05) is 12.4 Å². The highest BCUT2D eigenvalue weighted by Gasteiger charge is 2.23. The molecule has 1 aliphatic rings. The Morgan fingerprint density at radius 2 is 1.86 bits per heavy atom. The van der Waals surface area contributed by atoms with Crippen LogP contribution in [0.2, 0.25) is 0 Å². The van der Waals surface area contributed by atoms with Crippen molar-refractivity contribution in [2.24, 2.45) is 0 Å². The van der Waals surface area contributed by atoms with E-state index in [0.717, 1.165) is 18.1 Å². The molecule has 1 heterocycles. The van der Waals surface area contributed by atoms with Crippen LogP contribution in [0.15, 0.2) is 30.3 Å². The smallest absolute Gasteiger partial charge is 0.143 e. The number of aromatic nitrogens is 2. The molecule has 1 N–H and O–H groups in total. The molecule has 3 nitrogen and oxygen atoms in total. The lowest BCUT2D eigenvalue weighted by Crippen LogP contribution is -2.10. The molecule has 0 unspecified atom stereocenters. The van der Waals surface area contributed by atoms with E-state index in [0.29, 0.717) is 5.92 Å². The van der Waals surface area contributed by atoms with Gasteiger partial charge in [-0.2, -0.15) is 0 Å². The summed E-state index contributed by atoms with van der Waals surface area (Å²) in [5, 5.41) is 3.23. The second-order valence-electron chi connectivity index (χ2n) is 5.58. The van der Waals surface area contributed by atoms with Gasteiger partial charge in [0, 0.05) is 19.4 Å². The van der Waals surface area contributed by atoms with Gasteiger partial charge in [-0.05, 0) is 41.0 Å². The zero-order valence-electron chi connectivity index (χ0n) is 12.3. The van der Waals surface area contributed by atoms with Crippen LogP contribution in [0.25, 0.3) is 0 Å². The van der Waals surface area contributed by atoms with Crippen LogP contribution < -0.4 is 5.32 Å². The van der Waals surface area contributed by atoms with Crippen LogP contribution in [-0.4, -0.2) is 17.0 Å². The Hall–Kier alpha value is -1.17. The lowest BCUT2D eigenvalue weighted by atomic mass is 10.0. The minimum atomic E-state index is 0.613. The number of anilines is 1. The maximum atomic E-state index is 4.90. The van der Waals surface area contributed by atoms with E-state index in [9.17, 15) is 0 Å². The molecule has 1 aromatic heterocycles. The summed E-state index contributed by atoms with van der Waals surface area (Å²) in [4.78, 5) is 9.59. The van der Waals surface area contributed by atoms with E-state index in [4.69, 9.17) is 4.98 Å². The van der Waals surface area contributed by atoms with E-state index in [1.807, 2.05) is 13.1 Å². The molecule has 0 atom stereocenters. The number of nitrogens with zero attached hydrogens (tertiary/aromatic N) is 2. The number of benzene rings is 1. The molecule has 1 aromatic carbocycles. The third-order valence-electron chi connectivity index (χ3n) is 4.11. The van der Waals surface area contributed by atoms with Gasteiger partial charge in [-0.3, -0.25) is 0 Å². The summed E-state index contributed by atoms with van der Waals surface area (Å²) in [6.45, 7) is 0. The Kier molecular flexibility index (Phi) is 4.73. The molecule has 3 rings (SSSR count). The first-order chi connectivity index (χ1) is 10.3. The van der Waals surface area contributed by atoms with E-state index >= 15 is 0 Å². The maximum Gasteiger partial charge on any atom is 0.143 e. The van der Waals surface area contributed by atoms with Gasteiger partial charge in [-0.1, -0.05) is 43.2 Å². The fourth-order valence-electron chi connectivity index (χ4n) is 3.01. The highest BCUT2D eigenvalue weighted by molar-refractivity contribution is 14.1. The Morgan fingerprint density at radius 3 is 2.52 bits per heavy atom. The average Bonchev–Trinajstić information content (AvgIpc) is 3.04. The van der Waals surface area contributed by atoms with Crippen LogP contribution in [0.5, 0.6) is 0 Å². The molecule has 1 aliphatic carbocycles. The predicted octanol–water partition coefficient (Wildman–Crippen LogP) is 4.37. The van der Waals surface area contributed by atoms with Gasteiger partial charge in [0.1, 0.15) is 11.6 Å². The van der Waals surface area contributed by atoms with Crippen molar-refractivity contribution in [3.8, 4) is 0 Å². The van der Waals surface area contributed by atoms with Gasteiger partial charge in [0.2, 0.25) is 0 Å². The Morgan fingerprint density at radius 1 is 1.14 bits per heavy atom. The van der Waals surface area contributed by atoms with Crippen LogP contribution in [0, 0.1) is 3.57 Å². The van der Waals surface area contributed by atoms with Crippen LogP contribution in [-0.2, 0) is 6.42 Å². The molecule has 0 saturated heterocycles. The standard InChI is InChI=1S/C17H20IN3/c1-19-17-15(18)16(13-9-5-6-10-13)20-14(21-17)11-12-7-3-2-4-8-12/h2-4,7-8,13H,5-6,9-11H2,1H3,(H,19,20,21). The van der Waals surface area contributed by atoms with Crippen molar-refractivity contribution in [1.29, 1.82) is 0 Å². The predicted molar refractivity (Wildman–Crippen MR) is 94.8 cm³/mol. The van der Waals surface area contributed by atoms with E-state index in [1.165, 1.54) is 40.5 Å². The second kappa shape index (κ2) is 6.73. The van der Waals surface area contributed by atoms with Crippen molar-refractivity contribution in [3.63, 3.8) is 0 Å². The van der Waals surface area contributed by atoms with E-state index in [-0.39, 0.29) is 0 Å². The number of rotatable bonds is 4. The molecule has 1 fully saturated rings. The molecule has 2 aromatic rings. The summed E-state index contributed by atoms with van der Waals surface area (Å²) < 4.78 is 1.19. The van der Waals surface area contributed by atoms with E-state index in [1.54, 1.807) is 0 Å². The molecule has 0 radical (unpaired) electrons. The summed E-state index contributed by atoms with van der Waals surface area (Å²) in [6.07, 6.45) is 5.98. The molecule has 4 heteroatoms. The molecule has 0 amide bonds.